The van der Waals surface area contributed by atoms with Crippen LogP contribution < -0.4 is 0 Å². The Morgan fingerprint density at radius 1 is 1.73 bits per heavy atom. The largest absolute Gasteiger partial charge is 0.280 e. The first-order valence-electron chi connectivity index (χ1n) is 2.62. The maximum atomic E-state index is 12.5. The quantitative estimate of drug-likeness (QED) is 0.484. The molecule has 1 aromatic carbocycles. The summed E-state index contributed by atoms with van der Waals surface area (Å²) in [6, 6.07) is 3.95. The number of halogens is 2. The minimum Gasteiger partial charge on any atom is -0.258 e. The van der Waals surface area contributed by atoms with Gasteiger partial charge in [0.25, 0.3) is 5.69 Å². The molecule has 0 bridgehead atoms. The fourth-order valence-electron chi connectivity index (χ4n) is 0.542. The van der Waals surface area contributed by atoms with Crippen LogP contribution in [0.1, 0.15) is 0 Å². The summed E-state index contributed by atoms with van der Waals surface area (Å²) in [5.41, 5.74) is -0.424. The van der Waals surface area contributed by atoms with Crippen LogP contribution in [0.5, 0.6) is 0 Å². The van der Waals surface area contributed by atoms with Crippen molar-refractivity contribution in [3.63, 3.8) is 0 Å². The Kier molecular flexibility index (Phi) is 2.05. The minimum atomic E-state index is -0.808. The molecule has 1 radical (unpaired) electrons. The van der Waals surface area contributed by atoms with Gasteiger partial charge in [-0.3, -0.25) is 10.1 Å². The van der Waals surface area contributed by atoms with Crippen LogP contribution >= 0.6 is 11.6 Å². The zero-order chi connectivity index (χ0) is 8.43. The lowest BCUT2D eigenvalue weighted by atomic mass is 10.3. The molecule has 0 spiro atoms. The number of hydrogen-bond acceptors (Lipinski definition) is 2. The molecule has 1 rings (SSSR count). The standard InChI is InChI=1S/C6H2ClFNO2/c7-5-2-1-4(9(10)11)3-6(5)8/h2-3H. The molecule has 1 aromatic rings. The summed E-state index contributed by atoms with van der Waals surface area (Å²) in [7, 11) is 0. The maximum Gasteiger partial charge on any atom is 0.280 e. The normalized spacial score (nSPS) is 9.64. The fourth-order valence-corrected chi connectivity index (χ4v) is 0.651. The summed E-state index contributed by atoms with van der Waals surface area (Å²) in [5, 5.41) is 9.86. The van der Waals surface area contributed by atoms with Gasteiger partial charge >= 0.3 is 0 Å². The van der Waals surface area contributed by atoms with Crippen molar-refractivity contribution in [2.75, 3.05) is 0 Å². The van der Waals surface area contributed by atoms with Crippen LogP contribution in [0, 0.1) is 22.0 Å². The van der Waals surface area contributed by atoms with E-state index in [1.807, 2.05) is 0 Å². The number of hydrogen-bond donors (Lipinski definition) is 0. The molecule has 5 heteroatoms. The van der Waals surface area contributed by atoms with Crippen LogP contribution in [0.4, 0.5) is 10.1 Å². The third-order valence-electron chi connectivity index (χ3n) is 1.04. The second kappa shape index (κ2) is 2.84. The molecule has 0 saturated heterocycles. The first-order chi connectivity index (χ1) is 5.11. The molecular weight excluding hydrogens is 173 g/mol. The van der Waals surface area contributed by atoms with E-state index in [9.17, 15) is 14.5 Å². The van der Waals surface area contributed by atoms with E-state index in [2.05, 4.69) is 6.07 Å². The molecule has 0 aromatic heterocycles. The zero-order valence-corrected chi connectivity index (χ0v) is 5.93. The van der Waals surface area contributed by atoms with Gasteiger partial charge in [-0.2, -0.15) is 0 Å². The molecule has 0 atom stereocenters. The second-order valence-electron chi connectivity index (χ2n) is 1.77. The van der Waals surface area contributed by atoms with Crippen molar-refractivity contribution in [2.24, 2.45) is 0 Å². The van der Waals surface area contributed by atoms with Crippen LogP contribution in [-0.4, -0.2) is 4.92 Å². The van der Waals surface area contributed by atoms with Gasteiger partial charge in [-0.15, -0.1) is 0 Å². The molecule has 0 N–H and O–H groups in total. The number of rotatable bonds is 1. The molecule has 0 heterocycles. The highest BCUT2D eigenvalue weighted by atomic mass is 35.5. The van der Waals surface area contributed by atoms with Crippen molar-refractivity contribution in [3.05, 3.63) is 39.2 Å². The van der Waals surface area contributed by atoms with Crippen LogP contribution in [0.2, 0.25) is 5.02 Å². The molecule has 3 nitrogen and oxygen atoms in total. The predicted molar refractivity (Wildman–Crippen MR) is 36.9 cm³/mol. The van der Waals surface area contributed by atoms with E-state index in [0.29, 0.717) is 0 Å². The lowest BCUT2D eigenvalue weighted by molar-refractivity contribution is -0.385. The highest BCUT2D eigenvalue weighted by molar-refractivity contribution is 6.30. The van der Waals surface area contributed by atoms with E-state index in [0.717, 1.165) is 12.1 Å². The highest BCUT2D eigenvalue weighted by Crippen LogP contribution is 2.19. The van der Waals surface area contributed by atoms with Gasteiger partial charge in [0, 0.05) is 0 Å². The predicted octanol–water partition coefficient (Wildman–Crippen LogP) is 2.19. The lowest BCUT2D eigenvalue weighted by Crippen LogP contribution is -1.88. The van der Waals surface area contributed by atoms with Crippen molar-refractivity contribution in [1.82, 2.24) is 0 Å². The van der Waals surface area contributed by atoms with Crippen LogP contribution in [0.3, 0.4) is 0 Å². The summed E-state index contributed by atoms with van der Waals surface area (Å²) in [4.78, 5) is 9.29. The Balaban J connectivity index is 3.15. The number of non-ortho nitro benzene ring substituents is 1. The van der Waals surface area contributed by atoms with Gasteiger partial charge in [0.05, 0.1) is 22.1 Å². The van der Waals surface area contributed by atoms with E-state index in [1.165, 1.54) is 0 Å². The van der Waals surface area contributed by atoms with Gasteiger partial charge in [0.15, 0.2) is 0 Å². The summed E-state index contributed by atoms with van der Waals surface area (Å²) in [5.74, 6) is -0.808. The first-order valence-corrected chi connectivity index (χ1v) is 3.00. The number of nitrogens with zero attached hydrogens (tertiary/aromatic N) is 1. The van der Waals surface area contributed by atoms with E-state index in [4.69, 9.17) is 11.6 Å². The molecular formula is C6H2ClFNO2. The van der Waals surface area contributed by atoms with Gasteiger partial charge in [0.1, 0.15) is 5.82 Å². The Bertz CT molecular complexity index is 303. The van der Waals surface area contributed by atoms with Gasteiger partial charge < -0.3 is 0 Å². The number of nitro benzene ring substituents is 1. The summed E-state index contributed by atoms with van der Waals surface area (Å²) < 4.78 is 12.5. The van der Waals surface area contributed by atoms with Crippen LogP contribution in [-0.2, 0) is 0 Å². The van der Waals surface area contributed by atoms with E-state index < -0.39 is 16.4 Å². The SMILES string of the molecule is O=[N+]([O-])c1[c]cc(Cl)c(F)c1. The fraction of sp³-hybridized carbons (Fsp3) is 0. The summed E-state index contributed by atoms with van der Waals surface area (Å²) in [6.45, 7) is 0. The molecule has 0 aliphatic carbocycles. The van der Waals surface area contributed by atoms with Crippen LogP contribution in [0.15, 0.2) is 12.1 Å². The number of benzene rings is 1. The van der Waals surface area contributed by atoms with Gasteiger partial charge in [-0.1, -0.05) is 11.6 Å². The van der Waals surface area contributed by atoms with Crippen molar-refractivity contribution >= 4 is 17.3 Å². The molecule has 0 saturated carbocycles. The van der Waals surface area contributed by atoms with Crippen molar-refractivity contribution in [3.8, 4) is 0 Å². The van der Waals surface area contributed by atoms with Gasteiger partial charge in [-0.25, -0.2) is 4.39 Å². The lowest BCUT2D eigenvalue weighted by Gasteiger charge is -1.91. The molecule has 0 amide bonds. The molecule has 0 aliphatic rings. The first kappa shape index (κ1) is 7.94. The summed E-state index contributed by atoms with van der Waals surface area (Å²) in [6.07, 6.45) is 0. The molecule has 0 fully saturated rings. The van der Waals surface area contributed by atoms with Gasteiger partial charge in [0.2, 0.25) is 0 Å². The maximum absolute atomic E-state index is 12.5. The average molecular weight is 175 g/mol. The van der Waals surface area contributed by atoms with Crippen molar-refractivity contribution in [1.29, 1.82) is 0 Å². The highest BCUT2D eigenvalue weighted by Gasteiger charge is 2.08. The van der Waals surface area contributed by atoms with Crippen molar-refractivity contribution < 1.29 is 9.31 Å². The Labute approximate surface area is 66.6 Å². The minimum absolute atomic E-state index is 0.171. The third kappa shape index (κ3) is 1.65. The van der Waals surface area contributed by atoms with E-state index in [1.54, 1.807) is 0 Å². The topological polar surface area (TPSA) is 43.1 Å². The van der Waals surface area contributed by atoms with E-state index in [-0.39, 0.29) is 5.02 Å². The zero-order valence-electron chi connectivity index (χ0n) is 5.17. The Morgan fingerprint density at radius 3 is 2.82 bits per heavy atom. The van der Waals surface area contributed by atoms with Crippen LogP contribution in [0.25, 0.3) is 0 Å². The van der Waals surface area contributed by atoms with Crippen molar-refractivity contribution in [2.45, 2.75) is 0 Å². The van der Waals surface area contributed by atoms with Gasteiger partial charge in [-0.05, 0) is 6.07 Å². The Morgan fingerprint density at radius 2 is 2.36 bits per heavy atom. The monoisotopic (exact) mass is 174 g/mol. The van der Waals surface area contributed by atoms with E-state index >= 15 is 0 Å². The molecule has 57 valence electrons. The Hall–Kier alpha value is -1.16. The third-order valence-corrected chi connectivity index (χ3v) is 1.32. The molecule has 11 heavy (non-hydrogen) atoms. The molecule has 0 unspecified atom stereocenters. The number of nitro groups is 1. The second-order valence-corrected chi connectivity index (χ2v) is 2.18. The summed E-state index contributed by atoms with van der Waals surface area (Å²) >= 11 is 5.26. The molecule has 0 aliphatic heterocycles. The smallest absolute Gasteiger partial charge is 0.258 e. The average Bonchev–Trinajstić information content (AvgIpc) is 1.94.